The predicted molar refractivity (Wildman–Crippen MR) is 53.9 cm³/mol. The van der Waals surface area contributed by atoms with Crippen LogP contribution in [0.5, 0.6) is 0 Å². The summed E-state index contributed by atoms with van der Waals surface area (Å²) >= 11 is 0. The zero-order valence-electron chi connectivity index (χ0n) is 9.87. The third-order valence-corrected chi connectivity index (χ3v) is 1.64. The lowest BCUT2D eigenvalue weighted by Gasteiger charge is -2.20. The highest BCUT2D eigenvalue weighted by Gasteiger charge is 2.20. The summed E-state index contributed by atoms with van der Waals surface area (Å²) in [7, 11) is 0. The van der Waals surface area contributed by atoms with Gasteiger partial charge in [0.1, 0.15) is 5.60 Å². The predicted octanol–water partition coefficient (Wildman–Crippen LogP) is 2.99. The van der Waals surface area contributed by atoms with Crippen LogP contribution in [0.1, 0.15) is 47.0 Å². The number of hydrogen-bond acceptors (Lipinski definition) is 5. The van der Waals surface area contributed by atoms with Gasteiger partial charge < -0.3 is 4.74 Å². The largest absolute Gasteiger partial charge is 0.542 e. The van der Waals surface area contributed by atoms with Crippen molar-refractivity contribution in [3.8, 4) is 0 Å². The molecule has 5 nitrogen and oxygen atoms in total. The van der Waals surface area contributed by atoms with Crippen molar-refractivity contribution in [2.24, 2.45) is 0 Å². The van der Waals surface area contributed by atoms with Gasteiger partial charge in [0, 0.05) is 0 Å². The van der Waals surface area contributed by atoms with Crippen molar-refractivity contribution in [3.05, 3.63) is 0 Å². The second-order valence-corrected chi connectivity index (χ2v) is 3.84. The molecule has 0 saturated carbocycles. The van der Waals surface area contributed by atoms with Gasteiger partial charge in [-0.25, -0.2) is 9.68 Å². The van der Waals surface area contributed by atoms with E-state index in [0.717, 1.165) is 19.3 Å². The van der Waals surface area contributed by atoms with Crippen LogP contribution in [-0.4, -0.2) is 18.4 Å². The average Bonchev–Trinajstić information content (AvgIpc) is 2.14. The Kier molecular flexibility index (Phi) is 7.07. The SMILES string of the molecule is CCCOC(=O)OOOC(C)(C)CCC. The Hall–Kier alpha value is -0.810. The lowest BCUT2D eigenvalue weighted by atomic mass is 10.0. The third kappa shape index (κ3) is 8.20. The normalized spacial score (nSPS) is 11.2. The molecule has 0 N–H and O–H groups in total. The van der Waals surface area contributed by atoms with E-state index >= 15 is 0 Å². The maximum absolute atomic E-state index is 10.8. The molecule has 0 radical (unpaired) electrons. The molecule has 0 fully saturated rings. The van der Waals surface area contributed by atoms with Crippen molar-refractivity contribution in [3.63, 3.8) is 0 Å². The van der Waals surface area contributed by atoms with Crippen LogP contribution in [0, 0.1) is 0 Å². The second-order valence-electron chi connectivity index (χ2n) is 3.84. The molecule has 0 heterocycles. The summed E-state index contributed by atoms with van der Waals surface area (Å²) in [6.45, 7) is 7.91. The molecule has 0 aliphatic heterocycles. The molecule has 0 spiro atoms. The lowest BCUT2D eigenvalue weighted by Crippen LogP contribution is -2.25. The Morgan fingerprint density at radius 2 is 1.87 bits per heavy atom. The van der Waals surface area contributed by atoms with Gasteiger partial charge in [-0.05, 0) is 31.7 Å². The highest BCUT2D eigenvalue weighted by molar-refractivity contribution is 5.58. The van der Waals surface area contributed by atoms with Gasteiger partial charge in [-0.3, -0.25) is 0 Å². The summed E-state index contributed by atoms with van der Waals surface area (Å²) in [6, 6.07) is 0. The Bertz CT molecular complexity index is 179. The summed E-state index contributed by atoms with van der Waals surface area (Å²) in [5.41, 5.74) is -0.472. The van der Waals surface area contributed by atoms with Gasteiger partial charge in [-0.1, -0.05) is 20.3 Å². The standard InChI is InChI=1S/C10H20O5/c1-5-7-10(3,4)14-15-13-9(11)12-8-6-2/h5-8H2,1-4H3. The molecule has 0 aromatic heterocycles. The summed E-state index contributed by atoms with van der Waals surface area (Å²) in [4.78, 5) is 19.9. The molecule has 0 atom stereocenters. The van der Waals surface area contributed by atoms with Crippen LogP contribution in [0.2, 0.25) is 0 Å². The molecule has 0 bridgehead atoms. The molecule has 0 aromatic rings. The molecule has 15 heavy (non-hydrogen) atoms. The molecule has 0 aromatic carbocycles. The first-order valence-electron chi connectivity index (χ1n) is 5.21. The van der Waals surface area contributed by atoms with Crippen molar-refractivity contribution in [1.29, 1.82) is 0 Å². The van der Waals surface area contributed by atoms with Crippen LogP contribution in [0.3, 0.4) is 0 Å². The fourth-order valence-corrected chi connectivity index (χ4v) is 0.990. The molecule has 0 aliphatic rings. The van der Waals surface area contributed by atoms with E-state index in [1.165, 1.54) is 0 Å². The first kappa shape index (κ1) is 14.2. The number of hydrogen-bond donors (Lipinski definition) is 0. The van der Waals surface area contributed by atoms with Gasteiger partial charge in [0.15, 0.2) is 0 Å². The molecule has 5 heteroatoms. The highest BCUT2D eigenvalue weighted by atomic mass is 17.5. The maximum Gasteiger partial charge on any atom is 0.542 e. The average molecular weight is 220 g/mol. The lowest BCUT2D eigenvalue weighted by molar-refractivity contribution is -0.517. The minimum absolute atomic E-state index is 0.306. The van der Waals surface area contributed by atoms with E-state index in [4.69, 9.17) is 4.89 Å². The zero-order valence-corrected chi connectivity index (χ0v) is 9.87. The fraction of sp³-hybridized carbons (Fsp3) is 0.900. The Morgan fingerprint density at radius 1 is 1.20 bits per heavy atom. The van der Waals surface area contributed by atoms with Crippen molar-refractivity contribution in [1.82, 2.24) is 0 Å². The van der Waals surface area contributed by atoms with E-state index < -0.39 is 11.8 Å². The van der Waals surface area contributed by atoms with Gasteiger partial charge in [0.25, 0.3) is 0 Å². The van der Waals surface area contributed by atoms with Crippen molar-refractivity contribution >= 4 is 6.16 Å². The van der Waals surface area contributed by atoms with E-state index in [-0.39, 0.29) is 0 Å². The number of carbonyl (C=O) groups is 1. The fourth-order valence-electron chi connectivity index (χ4n) is 0.990. The number of carbonyl (C=O) groups excluding carboxylic acids is 1. The summed E-state index contributed by atoms with van der Waals surface area (Å²) in [5, 5.41) is 4.34. The molecule has 0 unspecified atom stereocenters. The second kappa shape index (κ2) is 7.48. The van der Waals surface area contributed by atoms with Gasteiger partial charge in [0.05, 0.1) is 6.61 Å². The molecular formula is C10H20O5. The molecule has 90 valence electrons. The van der Waals surface area contributed by atoms with Crippen LogP contribution in [0.15, 0.2) is 0 Å². The number of rotatable bonds is 7. The molecule has 0 rings (SSSR count). The van der Waals surface area contributed by atoms with E-state index in [1.807, 2.05) is 27.7 Å². The Labute approximate surface area is 90.5 Å². The van der Waals surface area contributed by atoms with Crippen LogP contribution in [0.4, 0.5) is 4.79 Å². The minimum atomic E-state index is -0.885. The molecular weight excluding hydrogens is 200 g/mol. The van der Waals surface area contributed by atoms with Crippen LogP contribution in [0.25, 0.3) is 0 Å². The monoisotopic (exact) mass is 220 g/mol. The van der Waals surface area contributed by atoms with Crippen molar-refractivity contribution in [2.75, 3.05) is 6.61 Å². The van der Waals surface area contributed by atoms with Crippen LogP contribution in [-0.2, 0) is 19.6 Å². The van der Waals surface area contributed by atoms with Gasteiger partial charge in [-0.2, -0.15) is 4.89 Å². The Morgan fingerprint density at radius 3 is 2.40 bits per heavy atom. The summed E-state index contributed by atoms with van der Waals surface area (Å²) < 4.78 is 4.60. The minimum Gasteiger partial charge on any atom is -0.432 e. The third-order valence-electron chi connectivity index (χ3n) is 1.64. The number of ether oxygens (including phenoxy) is 1. The zero-order chi connectivity index (χ0) is 11.7. The van der Waals surface area contributed by atoms with E-state index in [1.54, 1.807) is 0 Å². The van der Waals surface area contributed by atoms with Crippen LogP contribution < -0.4 is 0 Å². The van der Waals surface area contributed by atoms with E-state index in [9.17, 15) is 4.79 Å². The summed E-state index contributed by atoms with van der Waals surface area (Å²) in [6.07, 6.45) is 1.61. The Balaban J connectivity index is 3.55. The molecule has 0 amide bonds. The topological polar surface area (TPSA) is 54.0 Å². The highest BCUT2D eigenvalue weighted by Crippen LogP contribution is 2.16. The molecule has 0 saturated heterocycles. The van der Waals surface area contributed by atoms with E-state index in [2.05, 4.69) is 14.7 Å². The first-order chi connectivity index (χ1) is 7.02. The molecule has 0 aliphatic carbocycles. The van der Waals surface area contributed by atoms with Gasteiger partial charge in [-0.15, -0.1) is 0 Å². The van der Waals surface area contributed by atoms with Gasteiger partial charge >= 0.3 is 6.16 Å². The smallest absolute Gasteiger partial charge is 0.432 e. The maximum atomic E-state index is 10.8. The quantitative estimate of drug-likeness (QED) is 0.375. The van der Waals surface area contributed by atoms with Crippen molar-refractivity contribution in [2.45, 2.75) is 52.6 Å². The summed E-state index contributed by atoms with van der Waals surface area (Å²) in [5.74, 6) is 0. The van der Waals surface area contributed by atoms with E-state index in [0.29, 0.717) is 6.61 Å². The van der Waals surface area contributed by atoms with Crippen LogP contribution >= 0.6 is 0 Å². The van der Waals surface area contributed by atoms with Gasteiger partial charge in [0.2, 0.25) is 0 Å². The first-order valence-corrected chi connectivity index (χ1v) is 5.21. The van der Waals surface area contributed by atoms with Crippen molar-refractivity contribution < 1.29 is 24.3 Å².